The highest BCUT2D eigenvalue weighted by Crippen LogP contribution is 2.40. The first-order valence-electron chi connectivity index (χ1n) is 18.3. The van der Waals surface area contributed by atoms with Crippen molar-refractivity contribution in [3.05, 3.63) is 206 Å². The second kappa shape index (κ2) is 13.4. The molecule has 0 fully saturated rings. The molecular formula is C51H34N2O. The predicted octanol–water partition coefficient (Wildman–Crippen LogP) is 14.3. The first-order chi connectivity index (χ1) is 26.8. The van der Waals surface area contributed by atoms with Crippen LogP contribution in [0.15, 0.2) is 211 Å². The molecule has 254 valence electrons. The quantitative estimate of drug-likeness (QED) is 0.167. The number of hydrogen-bond acceptors (Lipinski definition) is 3. The Morgan fingerprint density at radius 2 is 0.778 bits per heavy atom. The molecule has 0 spiro atoms. The Morgan fingerprint density at radius 1 is 0.333 bits per heavy atom. The lowest BCUT2D eigenvalue weighted by atomic mass is 9.94. The molecule has 0 aliphatic carbocycles. The number of benzene rings is 9. The van der Waals surface area contributed by atoms with Gasteiger partial charge in [-0.3, -0.25) is 0 Å². The van der Waals surface area contributed by atoms with Crippen molar-refractivity contribution < 1.29 is 4.42 Å². The molecule has 1 aromatic heterocycles. The van der Waals surface area contributed by atoms with Crippen LogP contribution < -0.4 is 4.90 Å². The molecule has 1 heterocycles. The van der Waals surface area contributed by atoms with Crippen LogP contribution in [-0.2, 0) is 0 Å². The molecule has 0 atom stereocenters. The van der Waals surface area contributed by atoms with E-state index in [2.05, 4.69) is 199 Å². The van der Waals surface area contributed by atoms with Gasteiger partial charge in [-0.25, -0.2) is 4.98 Å². The fourth-order valence-corrected chi connectivity index (χ4v) is 7.62. The number of rotatable bonds is 7. The van der Waals surface area contributed by atoms with E-state index < -0.39 is 0 Å². The smallest absolute Gasteiger partial charge is 0.227 e. The van der Waals surface area contributed by atoms with Crippen LogP contribution in [0.5, 0.6) is 0 Å². The van der Waals surface area contributed by atoms with E-state index in [1.165, 1.54) is 22.3 Å². The Hall–Kier alpha value is -7.23. The maximum Gasteiger partial charge on any atom is 0.227 e. The molecule has 0 aliphatic rings. The lowest BCUT2D eigenvalue weighted by Gasteiger charge is -2.26. The summed E-state index contributed by atoms with van der Waals surface area (Å²) in [6.45, 7) is 0. The van der Waals surface area contributed by atoms with E-state index in [0.717, 1.165) is 66.4 Å². The van der Waals surface area contributed by atoms with Crippen LogP contribution in [0.3, 0.4) is 0 Å². The van der Waals surface area contributed by atoms with Crippen molar-refractivity contribution >= 4 is 49.7 Å². The fourth-order valence-electron chi connectivity index (χ4n) is 7.62. The van der Waals surface area contributed by atoms with E-state index in [-0.39, 0.29) is 0 Å². The van der Waals surface area contributed by atoms with E-state index >= 15 is 0 Å². The van der Waals surface area contributed by atoms with Crippen LogP contribution in [0, 0.1) is 0 Å². The summed E-state index contributed by atoms with van der Waals surface area (Å²) in [6, 6.07) is 72.9. The van der Waals surface area contributed by atoms with Crippen molar-refractivity contribution in [2.45, 2.75) is 0 Å². The summed E-state index contributed by atoms with van der Waals surface area (Å²) in [5.41, 5.74) is 13.0. The number of nitrogens with zero attached hydrogens (tertiary/aromatic N) is 2. The number of oxazole rings is 1. The highest BCUT2D eigenvalue weighted by Gasteiger charge is 2.17. The summed E-state index contributed by atoms with van der Waals surface area (Å²) in [7, 11) is 0. The molecule has 54 heavy (non-hydrogen) atoms. The molecule has 0 saturated heterocycles. The van der Waals surface area contributed by atoms with Crippen molar-refractivity contribution in [3.63, 3.8) is 0 Å². The van der Waals surface area contributed by atoms with Gasteiger partial charge in [-0.2, -0.15) is 0 Å². The zero-order valence-corrected chi connectivity index (χ0v) is 29.4. The maximum absolute atomic E-state index is 6.39. The molecule has 9 aromatic carbocycles. The van der Waals surface area contributed by atoms with Gasteiger partial charge in [0.05, 0.1) is 0 Å². The van der Waals surface area contributed by atoms with Gasteiger partial charge in [0.25, 0.3) is 0 Å². The van der Waals surface area contributed by atoms with E-state index in [1.807, 2.05) is 12.1 Å². The predicted molar refractivity (Wildman–Crippen MR) is 225 cm³/mol. The summed E-state index contributed by atoms with van der Waals surface area (Å²) < 4.78 is 6.39. The monoisotopic (exact) mass is 690 g/mol. The Labute approximate surface area is 314 Å². The highest BCUT2D eigenvalue weighted by atomic mass is 16.3. The fraction of sp³-hybridized carbons (Fsp3) is 0. The van der Waals surface area contributed by atoms with Gasteiger partial charge in [0.15, 0.2) is 5.58 Å². The summed E-state index contributed by atoms with van der Waals surface area (Å²) in [4.78, 5) is 7.35. The molecule has 0 amide bonds. The van der Waals surface area contributed by atoms with Crippen molar-refractivity contribution in [1.29, 1.82) is 0 Å². The zero-order chi connectivity index (χ0) is 35.8. The van der Waals surface area contributed by atoms with Gasteiger partial charge < -0.3 is 9.32 Å². The van der Waals surface area contributed by atoms with Crippen LogP contribution in [0.2, 0.25) is 0 Å². The average molecular weight is 691 g/mol. The standard InChI is InChI=1S/C51H34N2O/c1-3-11-35(12-4-1)37-19-26-41(27-20-37)53(42-28-21-38(22-29-42)36-13-5-2-6-14-36)43-30-23-40(24-31-43)44-32-33-48(47-18-10-9-17-46(44)47)51-52-50-45-16-8-7-15-39(45)25-34-49(50)54-51/h1-34H. The van der Waals surface area contributed by atoms with Gasteiger partial charge in [0.1, 0.15) is 5.52 Å². The number of fused-ring (bicyclic) bond motifs is 4. The van der Waals surface area contributed by atoms with Crippen LogP contribution in [0.1, 0.15) is 0 Å². The van der Waals surface area contributed by atoms with Gasteiger partial charge >= 0.3 is 0 Å². The molecule has 0 unspecified atom stereocenters. The van der Waals surface area contributed by atoms with E-state index in [4.69, 9.17) is 9.40 Å². The summed E-state index contributed by atoms with van der Waals surface area (Å²) >= 11 is 0. The maximum atomic E-state index is 6.39. The molecule has 0 bridgehead atoms. The molecule has 0 radical (unpaired) electrons. The Bertz CT molecular complexity index is 2810. The minimum atomic E-state index is 0.631. The van der Waals surface area contributed by atoms with Gasteiger partial charge in [-0.1, -0.05) is 158 Å². The Kier molecular flexibility index (Phi) is 7.81. The number of anilines is 3. The van der Waals surface area contributed by atoms with Crippen molar-refractivity contribution in [2.24, 2.45) is 0 Å². The molecule has 0 N–H and O–H groups in total. The van der Waals surface area contributed by atoms with Gasteiger partial charge in [-0.15, -0.1) is 0 Å². The van der Waals surface area contributed by atoms with Crippen LogP contribution in [-0.4, -0.2) is 4.98 Å². The van der Waals surface area contributed by atoms with Crippen LogP contribution >= 0.6 is 0 Å². The summed E-state index contributed by atoms with van der Waals surface area (Å²) in [6.07, 6.45) is 0. The van der Waals surface area contributed by atoms with Crippen molar-refractivity contribution in [1.82, 2.24) is 4.98 Å². The molecule has 0 saturated carbocycles. The van der Waals surface area contributed by atoms with Gasteiger partial charge in [-0.05, 0) is 98.1 Å². The van der Waals surface area contributed by atoms with Crippen LogP contribution in [0.25, 0.3) is 77.5 Å². The first-order valence-corrected chi connectivity index (χ1v) is 18.3. The molecule has 0 aliphatic heterocycles. The normalized spacial score (nSPS) is 11.3. The topological polar surface area (TPSA) is 29.3 Å². The lowest BCUT2D eigenvalue weighted by Crippen LogP contribution is -2.09. The molecule has 3 nitrogen and oxygen atoms in total. The summed E-state index contributed by atoms with van der Waals surface area (Å²) in [5.74, 6) is 0.631. The number of hydrogen-bond donors (Lipinski definition) is 0. The molecule has 10 rings (SSSR count). The second-order valence-electron chi connectivity index (χ2n) is 13.6. The van der Waals surface area contributed by atoms with E-state index in [0.29, 0.717) is 5.89 Å². The lowest BCUT2D eigenvalue weighted by molar-refractivity contribution is 0.620. The van der Waals surface area contributed by atoms with Crippen molar-refractivity contribution in [3.8, 4) is 44.8 Å². The van der Waals surface area contributed by atoms with E-state index in [9.17, 15) is 0 Å². The second-order valence-corrected chi connectivity index (χ2v) is 13.6. The highest BCUT2D eigenvalue weighted by molar-refractivity contribution is 6.07. The minimum Gasteiger partial charge on any atom is -0.436 e. The van der Waals surface area contributed by atoms with Crippen LogP contribution in [0.4, 0.5) is 17.1 Å². The molecule has 3 heteroatoms. The third-order valence-corrected chi connectivity index (χ3v) is 10.3. The largest absolute Gasteiger partial charge is 0.436 e. The Balaban J connectivity index is 1.03. The van der Waals surface area contributed by atoms with E-state index in [1.54, 1.807) is 0 Å². The molecular weight excluding hydrogens is 657 g/mol. The van der Waals surface area contributed by atoms with Gasteiger partial charge in [0, 0.05) is 28.0 Å². The SMILES string of the molecule is c1ccc(-c2ccc(N(c3ccc(-c4ccccc4)cc3)c3ccc(-c4ccc(-c5nc6c(ccc7ccccc76)o5)c5ccccc45)cc3)cc2)cc1. The third kappa shape index (κ3) is 5.69. The minimum absolute atomic E-state index is 0.631. The first kappa shape index (κ1) is 31.5. The number of aromatic nitrogens is 1. The Morgan fingerprint density at radius 3 is 1.35 bits per heavy atom. The molecule has 10 aromatic rings. The van der Waals surface area contributed by atoms with Crippen molar-refractivity contribution in [2.75, 3.05) is 4.90 Å². The summed E-state index contributed by atoms with van der Waals surface area (Å²) in [5, 5.41) is 4.51. The van der Waals surface area contributed by atoms with Gasteiger partial charge in [0.2, 0.25) is 5.89 Å². The third-order valence-electron chi connectivity index (χ3n) is 10.3. The zero-order valence-electron chi connectivity index (χ0n) is 29.4. The average Bonchev–Trinajstić information content (AvgIpc) is 3.70.